The van der Waals surface area contributed by atoms with Gasteiger partial charge in [0.15, 0.2) is 5.17 Å². The van der Waals surface area contributed by atoms with E-state index >= 15 is 0 Å². The number of hydrogen-bond acceptors (Lipinski definition) is 3. The van der Waals surface area contributed by atoms with Crippen molar-refractivity contribution < 1.29 is 13.2 Å². The molecule has 0 saturated carbocycles. The van der Waals surface area contributed by atoms with Crippen LogP contribution in [-0.4, -0.2) is 16.5 Å². The van der Waals surface area contributed by atoms with Crippen molar-refractivity contribution in [3.63, 3.8) is 0 Å². The second-order valence-corrected chi connectivity index (χ2v) is 6.67. The second-order valence-electron chi connectivity index (χ2n) is 5.18. The molecule has 2 rings (SSSR count). The van der Waals surface area contributed by atoms with Crippen molar-refractivity contribution in [3.05, 3.63) is 28.8 Å². The molecule has 1 N–H and O–H groups in total. The van der Waals surface area contributed by atoms with Crippen LogP contribution in [-0.2, 0) is 6.18 Å². The van der Waals surface area contributed by atoms with Crippen molar-refractivity contribution in [1.82, 2.24) is 0 Å². The molecule has 0 amide bonds. The lowest BCUT2D eigenvalue weighted by molar-refractivity contribution is -0.137. The molecule has 0 fully saturated rings. The Bertz CT molecular complexity index is 560. The Morgan fingerprint density at radius 1 is 1.43 bits per heavy atom. The van der Waals surface area contributed by atoms with Crippen molar-refractivity contribution in [3.8, 4) is 0 Å². The van der Waals surface area contributed by atoms with E-state index in [0.29, 0.717) is 10.9 Å². The monoisotopic (exact) mass is 336 g/mol. The molecule has 0 saturated heterocycles. The first-order valence-corrected chi connectivity index (χ1v) is 7.96. The van der Waals surface area contributed by atoms with E-state index in [1.165, 1.54) is 6.07 Å². The molecule has 0 radical (unpaired) electrons. The molecular weight excluding hydrogens is 321 g/mol. The molecule has 1 heterocycles. The Kier molecular flexibility index (Phi) is 4.78. The molecule has 2 nitrogen and oxygen atoms in total. The summed E-state index contributed by atoms with van der Waals surface area (Å²) in [6.45, 7) is 4.14. The Labute approximate surface area is 131 Å². The minimum absolute atomic E-state index is 0.0388. The molecule has 1 aromatic carbocycles. The van der Waals surface area contributed by atoms with E-state index in [4.69, 9.17) is 11.6 Å². The van der Waals surface area contributed by atoms with E-state index in [1.54, 1.807) is 11.8 Å². The molecule has 1 aliphatic heterocycles. The maximum Gasteiger partial charge on any atom is 0.416 e. The molecule has 7 heteroatoms. The zero-order chi connectivity index (χ0) is 15.7. The van der Waals surface area contributed by atoms with Gasteiger partial charge in [-0.1, -0.05) is 30.3 Å². The van der Waals surface area contributed by atoms with Crippen LogP contribution in [0.2, 0.25) is 5.02 Å². The largest absolute Gasteiger partial charge is 0.416 e. The zero-order valence-corrected chi connectivity index (χ0v) is 13.3. The van der Waals surface area contributed by atoms with Crippen molar-refractivity contribution in [2.24, 2.45) is 4.99 Å². The summed E-state index contributed by atoms with van der Waals surface area (Å²) >= 11 is 7.49. The summed E-state index contributed by atoms with van der Waals surface area (Å²) in [4.78, 5) is 4.63. The van der Waals surface area contributed by atoms with Crippen molar-refractivity contribution in [2.75, 3.05) is 11.1 Å². The predicted molar refractivity (Wildman–Crippen MR) is 83.3 cm³/mol. The van der Waals surface area contributed by atoms with Crippen LogP contribution in [0.1, 0.15) is 32.3 Å². The van der Waals surface area contributed by atoms with Gasteiger partial charge in [0, 0.05) is 5.75 Å². The third-order valence-corrected chi connectivity index (χ3v) is 4.74. The van der Waals surface area contributed by atoms with Gasteiger partial charge in [-0.2, -0.15) is 13.2 Å². The number of rotatable bonds is 2. The molecule has 0 aromatic heterocycles. The normalized spacial score (nSPS) is 22.9. The van der Waals surface area contributed by atoms with Gasteiger partial charge in [0.1, 0.15) is 0 Å². The highest BCUT2D eigenvalue weighted by Gasteiger charge is 2.31. The van der Waals surface area contributed by atoms with Gasteiger partial charge in [-0.05, 0) is 38.0 Å². The van der Waals surface area contributed by atoms with Crippen LogP contribution in [0.3, 0.4) is 0 Å². The van der Waals surface area contributed by atoms with Gasteiger partial charge < -0.3 is 5.32 Å². The van der Waals surface area contributed by atoms with E-state index in [1.807, 2.05) is 0 Å². The molecule has 0 aliphatic carbocycles. The summed E-state index contributed by atoms with van der Waals surface area (Å²) in [7, 11) is 0. The van der Waals surface area contributed by atoms with E-state index < -0.39 is 11.7 Å². The Morgan fingerprint density at radius 2 is 2.14 bits per heavy atom. The zero-order valence-electron chi connectivity index (χ0n) is 11.7. The lowest BCUT2D eigenvalue weighted by atomic mass is 9.97. The fraction of sp³-hybridized carbons (Fsp3) is 0.500. The third-order valence-electron chi connectivity index (χ3n) is 3.55. The first kappa shape index (κ1) is 16.5. The molecule has 1 aromatic rings. The Balaban J connectivity index is 2.21. The molecule has 21 heavy (non-hydrogen) atoms. The highest BCUT2D eigenvalue weighted by molar-refractivity contribution is 8.14. The van der Waals surface area contributed by atoms with Gasteiger partial charge in [0.2, 0.25) is 0 Å². The molecule has 0 spiro atoms. The predicted octanol–water partition coefficient (Wildman–Crippen LogP) is 5.43. The SMILES string of the molecule is CCC1(C)CCSC(Nc2ccc(C(F)(F)F)cc2Cl)=N1. The number of nitrogens with one attached hydrogen (secondary N) is 1. The van der Waals surface area contributed by atoms with E-state index in [-0.39, 0.29) is 10.6 Å². The first-order chi connectivity index (χ1) is 9.73. The number of thioether (sulfide) groups is 1. The molecule has 1 aliphatic rings. The summed E-state index contributed by atoms with van der Waals surface area (Å²) in [5.74, 6) is 0.925. The van der Waals surface area contributed by atoms with Gasteiger partial charge in [0.05, 0.1) is 21.8 Å². The van der Waals surface area contributed by atoms with Crippen LogP contribution in [0.15, 0.2) is 23.2 Å². The molecule has 0 bridgehead atoms. The summed E-state index contributed by atoms with van der Waals surface area (Å²) in [5.41, 5.74) is -0.433. The fourth-order valence-corrected chi connectivity index (χ4v) is 3.36. The highest BCUT2D eigenvalue weighted by Crippen LogP contribution is 2.35. The molecule has 1 atom stereocenters. The van der Waals surface area contributed by atoms with Crippen LogP contribution in [0.25, 0.3) is 0 Å². The maximum atomic E-state index is 12.6. The number of hydrogen-bond donors (Lipinski definition) is 1. The van der Waals surface area contributed by atoms with Gasteiger partial charge in [-0.3, -0.25) is 4.99 Å². The van der Waals surface area contributed by atoms with Crippen molar-refractivity contribution in [1.29, 1.82) is 0 Å². The fourth-order valence-electron chi connectivity index (χ4n) is 1.93. The Hall–Kier alpha value is -0.880. The number of aliphatic imine (C=N–C) groups is 1. The van der Waals surface area contributed by atoms with Crippen molar-refractivity contribution in [2.45, 2.75) is 38.4 Å². The van der Waals surface area contributed by atoms with E-state index in [9.17, 15) is 13.2 Å². The average molecular weight is 337 g/mol. The number of benzene rings is 1. The highest BCUT2D eigenvalue weighted by atomic mass is 35.5. The first-order valence-electron chi connectivity index (χ1n) is 6.60. The van der Waals surface area contributed by atoms with Crippen LogP contribution < -0.4 is 5.32 Å². The van der Waals surface area contributed by atoms with Gasteiger partial charge in [-0.15, -0.1) is 0 Å². The summed E-state index contributed by atoms with van der Waals surface area (Å²) in [6.07, 6.45) is -2.49. The van der Waals surface area contributed by atoms with Gasteiger partial charge >= 0.3 is 6.18 Å². The lowest BCUT2D eigenvalue weighted by Gasteiger charge is -2.29. The topological polar surface area (TPSA) is 24.4 Å². The maximum absolute atomic E-state index is 12.6. The van der Waals surface area contributed by atoms with Crippen LogP contribution >= 0.6 is 23.4 Å². The standard InChI is InChI=1S/C14H16ClF3N2S/c1-3-13(2)6-7-21-12(20-13)19-11-5-4-9(8-10(11)15)14(16,17)18/h4-5,8H,3,6-7H2,1-2H3,(H,19,20). The summed E-state index contributed by atoms with van der Waals surface area (Å²) in [6, 6.07) is 3.28. The average Bonchev–Trinajstić information content (AvgIpc) is 2.40. The van der Waals surface area contributed by atoms with E-state index in [0.717, 1.165) is 30.7 Å². The van der Waals surface area contributed by atoms with Gasteiger partial charge in [0.25, 0.3) is 0 Å². The number of nitrogens with zero attached hydrogens (tertiary/aromatic N) is 1. The number of alkyl halides is 3. The van der Waals surface area contributed by atoms with Crippen LogP contribution in [0.5, 0.6) is 0 Å². The molecule has 1 unspecified atom stereocenters. The summed E-state index contributed by atoms with van der Waals surface area (Å²) in [5, 5.41) is 3.77. The molecular formula is C14H16ClF3N2S. The van der Waals surface area contributed by atoms with Gasteiger partial charge in [-0.25, -0.2) is 0 Å². The number of halogens is 4. The van der Waals surface area contributed by atoms with Crippen molar-refractivity contribution >= 4 is 34.2 Å². The second kappa shape index (κ2) is 6.08. The van der Waals surface area contributed by atoms with Crippen LogP contribution in [0, 0.1) is 0 Å². The lowest BCUT2D eigenvalue weighted by Crippen LogP contribution is -2.29. The van der Waals surface area contributed by atoms with E-state index in [2.05, 4.69) is 24.2 Å². The van der Waals surface area contributed by atoms with Crippen LogP contribution in [0.4, 0.5) is 18.9 Å². The quantitative estimate of drug-likeness (QED) is 0.778. The molecule has 116 valence electrons. The minimum Gasteiger partial charge on any atom is -0.334 e. The Morgan fingerprint density at radius 3 is 2.71 bits per heavy atom. The number of anilines is 1. The number of amidine groups is 1. The third kappa shape index (κ3) is 4.07. The smallest absolute Gasteiger partial charge is 0.334 e. The summed E-state index contributed by atoms with van der Waals surface area (Å²) < 4.78 is 37.8. The minimum atomic E-state index is -4.39.